The molecular formula is C21H25ClF3NO8. The van der Waals surface area contributed by atoms with Crippen LogP contribution in [-0.2, 0) is 35.7 Å². The highest BCUT2D eigenvalue weighted by Gasteiger charge is 2.53. The van der Waals surface area contributed by atoms with E-state index >= 15 is 0 Å². The highest BCUT2D eigenvalue weighted by Crippen LogP contribution is 2.43. The van der Waals surface area contributed by atoms with Crippen LogP contribution in [0.1, 0.15) is 45.7 Å². The van der Waals surface area contributed by atoms with E-state index in [0.717, 1.165) is 0 Å². The van der Waals surface area contributed by atoms with Crippen LogP contribution in [0.3, 0.4) is 0 Å². The Morgan fingerprint density at radius 1 is 1.18 bits per heavy atom. The van der Waals surface area contributed by atoms with Crippen molar-refractivity contribution in [2.45, 2.75) is 58.7 Å². The minimum Gasteiger partial charge on any atom is -0.480 e. The number of rotatable bonds is 7. The monoisotopic (exact) mass is 511 g/mol. The number of hydrogen-bond acceptors (Lipinski definition) is 8. The third-order valence-corrected chi connectivity index (χ3v) is 5.43. The molecule has 2 rings (SSSR count). The number of alkyl halides is 3. The molecule has 1 aromatic rings. The van der Waals surface area contributed by atoms with Gasteiger partial charge in [0.25, 0.3) is 5.09 Å². The maximum absolute atomic E-state index is 13.7. The first kappa shape index (κ1) is 27.5. The zero-order valence-electron chi connectivity index (χ0n) is 19.2. The normalized spacial score (nSPS) is 18.4. The summed E-state index contributed by atoms with van der Waals surface area (Å²) < 4.78 is 55.8. The van der Waals surface area contributed by atoms with E-state index in [1.165, 1.54) is 26.0 Å². The van der Waals surface area contributed by atoms with E-state index in [-0.39, 0.29) is 12.2 Å². The number of esters is 2. The molecule has 1 unspecified atom stereocenters. The van der Waals surface area contributed by atoms with Crippen LogP contribution < -0.4 is 4.74 Å². The van der Waals surface area contributed by atoms with Crippen LogP contribution in [0, 0.1) is 21.4 Å². The lowest BCUT2D eigenvalue weighted by Crippen LogP contribution is -2.48. The molecule has 0 radical (unpaired) electrons. The molecule has 0 amide bonds. The van der Waals surface area contributed by atoms with E-state index in [4.69, 9.17) is 25.8 Å². The van der Waals surface area contributed by atoms with E-state index in [9.17, 15) is 32.9 Å². The van der Waals surface area contributed by atoms with Gasteiger partial charge in [-0.15, -0.1) is 10.1 Å². The Morgan fingerprint density at radius 3 is 2.32 bits per heavy atom. The largest absolute Gasteiger partial charge is 0.480 e. The predicted molar refractivity (Wildman–Crippen MR) is 112 cm³/mol. The Morgan fingerprint density at radius 2 is 1.79 bits per heavy atom. The van der Waals surface area contributed by atoms with Gasteiger partial charge in [0.15, 0.2) is 0 Å². The number of ether oxygens (including phenoxy) is 3. The highest BCUT2D eigenvalue weighted by molar-refractivity contribution is 6.31. The van der Waals surface area contributed by atoms with Crippen molar-refractivity contribution in [1.29, 1.82) is 0 Å². The molecule has 0 bridgehead atoms. The number of halogens is 4. The molecule has 1 aromatic carbocycles. The smallest absolute Gasteiger partial charge is 0.426 e. The van der Waals surface area contributed by atoms with Gasteiger partial charge >= 0.3 is 18.1 Å². The van der Waals surface area contributed by atoms with Crippen molar-refractivity contribution < 1.29 is 46.9 Å². The van der Waals surface area contributed by atoms with E-state index < -0.39 is 59.5 Å². The number of benzene rings is 1. The van der Waals surface area contributed by atoms with Crippen molar-refractivity contribution in [3.8, 4) is 5.75 Å². The van der Waals surface area contributed by atoms with Gasteiger partial charge in [-0.1, -0.05) is 32.4 Å². The van der Waals surface area contributed by atoms with Gasteiger partial charge in [0.1, 0.15) is 18.3 Å². The zero-order valence-corrected chi connectivity index (χ0v) is 19.9. The molecule has 0 N–H and O–H groups in total. The minimum absolute atomic E-state index is 0.0281. The summed E-state index contributed by atoms with van der Waals surface area (Å²) in [4.78, 5) is 38.9. The molecule has 9 nitrogen and oxygen atoms in total. The van der Waals surface area contributed by atoms with E-state index in [2.05, 4.69) is 4.84 Å². The van der Waals surface area contributed by atoms with E-state index in [0.29, 0.717) is 16.1 Å². The lowest BCUT2D eigenvalue weighted by Gasteiger charge is -2.34. The minimum atomic E-state index is -4.89. The zero-order chi connectivity index (χ0) is 26.1. The molecule has 1 aliphatic rings. The third kappa shape index (κ3) is 6.64. The average molecular weight is 512 g/mol. The highest BCUT2D eigenvalue weighted by atomic mass is 35.5. The number of nitrogens with zero attached hydrogens (tertiary/aromatic N) is 1. The Kier molecular flexibility index (Phi) is 7.96. The fourth-order valence-corrected chi connectivity index (χ4v) is 3.69. The maximum Gasteiger partial charge on any atom is 0.426 e. The predicted octanol–water partition coefficient (Wildman–Crippen LogP) is 4.40. The molecule has 0 saturated heterocycles. The summed E-state index contributed by atoms with van der Waals surface area (Å²) in [6, 6.07) is 2.90. The summed E-state index contributed by atoms with van der Waals surface area (Å²) >= 11 is 6.30. The molecule has 0 aromatic heterocycles. The molecule has 13 heteroatoms. The molecule has 0 spiro atoms. The van der Waals surface area contributed by atoms with Gasteiger partial charge in [0.05, 0.1) is 5.41 Å². The number of carbonyl (C=O) groups is 2. The van der Waals surface area contributed by atoms with Crippen LogP contribution in [0.25, 0.3) is 0 Å². The van der Waals surface area contributed by atoms with Crippen LogP contribution in [-0.4, -0.2) is 42.7 Å². The van der Waals surface area contributed by atoms with Crippen molar-refractivity contribution >= 4 is 23.5 Å². The third-order valence-electron chi connectivity index (χ3n) is 5.12. The lowest BCUT2D eigenvalue weighted by atomic mass is 9.83. The summed E-state index contributed by atoms with van der Waals surface area (Å²) in [7, 11) is 0. The average Bonchev–Trinajstić information content (AvgIpc) is 2.69. The first-order valence-corrected chi connectivity index (χ1v) is 10.5. The Bertz CT molecular complexity index is 959. The molecule has 1 aliphatic heterocycles. The summed E-state index contributed by atoms with van der Waals surface area (Å²) in [5, 5.41) is 9.51. The lowest BCUT2D eigenvalue weighted by molar-refractivity contribution is -0.760. The number of carbonyl (C=O) groups excluding carboxylic acids is 2. The van der Waals surface area contributed by atoms with Crippen LogP contribution >= 0.6 is 11.6 Å². The first-order chi connectivity index (χ1) is 15.4. The second-order valence-corrected chi connectivity index (χ2v) is 9.88. The molecular weight excluding hydrogens is 487 g/mol. The molecule has 190 valence electrons. The number of hydrogen-bond donors (Lipinski definition) is 0. The van der Waals surface area contributed by atoms with Crippen molar-refractivity contribution in [2.24, 2.45) is 11.3 Å². The summed E-state index contributed by atoms with van der Waals surface area (Å²) in [6.07, 6.45) is -7.73. The van der Waals surface area contributed by atoms with Gasteiger partial charge in [-0.25, -0.2) is 0 Å². The number of fused-ring (bicyclic) bond motifs is 1. The molecule has 0 fully saturated rings. The van der Waals surface area contributed by atoms with Crippen molar-refractivity contribution in [1.82, 2.24) is 0 Å². The van der Waals surface area contributed by atoms with Crippen LogP contribution in [0.5, 0.6) is 5.75 Å². The van der Waals surface area contributed by atoms with Crippen molar-refractivity contribution in [3.63, 3.8) is 0 Å². The maximum atomic E-state index is 13.7. The van der Waals surface area contributed by atoms with Crippen molar-refractivity contribution in [3.05, 3.63) is 38.4 Å². The van der Waals surface area contributed by atoms with Gasteiger partial charge < -0.3 is 19.0 Å². The SMILES string of the molecule is CC(C)(CO[N+](=O)[O-])C(=O)OCOC(=O)C1Cc2cc(Cl)c(C(C)(C)C)cc2O[C@@H]1C(F)(F)F. The Labute approximate surface area is 198 Å². The molecule has 34 heavy (non-hydrogen) atoms. The topological polar surface area (TPSA) is 114 Å². The quantitative estimate of drug-likeness (QED) is 0.229. The van der Waals surface area contributed by atoms with Gasteiger partial charge in [-0.2, -0.15) is 13.2 Å². The molecule has 0 saturated carbocycles. The van der Waals surface area contributed by atoms with E-state index in [1.807, 2.05) is 20.8 Å². The molecule has 1 heterocycles. The summed E-state index contributed by atoms with van der Waals surface area (Å²) in [5.41, 5.74) is -1.04. The van der Waals surface area contributed by atoms with Crippen molar-refractivity contribution in [2.75, 3.05) is 13.4 Å². The van der Waals surface area contributed by atoms with Gasteiger partial charge in [-0.05, 0) is 48.9 Å². The molecule has 2 atom stereocenters. The van der Waals surface area contributed by atoms with Gasteiger partial charge in [-0.3, -0.25) is 9.59 Å². The Balaban J connectivity index is 2.14. The summed E-state index contributed by atoms with van der Waals surface area (Å²) in [6.45, 7) is 6.47. The second kappa shape index (κ2) is 9.85. The standard InChI is InChI=1S/C21H25ClF3NO8/c1-19(2,3)13-8-15-11(7-14(13)22)6-12(16(34-15)21(23,24)25)17(27)31-10-32-18(28)20(4,5)9-33-26(29)30/h7-8,12,16H,6,9-10H2,1-5H3/t12?,16-/m0/s1. The van der Waals surface area contributed by atoms with Crippen LogP contribution in [0.15, 0.2) is 12.1 Å². The fourth-order valence-electron chi connectivity index (χ4n) is 3.22. The summed E-state index contributed by atoms with van der Waals surface area (Å²) in [5.74, 6) is -4.11. The second-order valence-electron chi connectivity index (χ2n) is 9.47. The first-order valence-electron chi connectivity index (χ1n) is 10.1. The van der Waals surface area contributed by atoms with Gasteiger partial charge in [0, 0.05) is 5.02 Å². The van der Waals surface area contributed by atoms with Gasteiger partial charge in [0.2, 0.25) is 12.9 Å². The molecule has 0 aliphatic carbocycles. The fraction of sp³-hybridized carbons (Fsp3) is 0.619. The Hall–Kier alpha value is -2.76. The van der Waals surface area contributed by atoms with Crippen LogP contribution in [0.2, 0.25) is 5.02 Å². The van der Waals surface area contributed by atoms with Crippen LogP contribution in [0.4, 0.5) is 13.2 Å². The van der Waals surface area contributed by atoms with E-state index in [1.54, 1.807) is 0 Å².